The number of benzene rings is 2. The van der Waals surface area contributed by atoms with Gasteiger partial charge in [-0.1, -0.05) is 61.9 Å². The molecule has 5 nitrogen and oxygen atoms in total. The summed E-state index contributed by atoms with van der Waals surface area (Å²) in [6.07, 6.45) is 0. The Bertz CT molecular complexity index is 1290. The van der Waals surface area contributed by atoms with Crippen molar-refractivity contribution in [2.75, 3.05) is 0 Å². The molecule has 0 fully saturated rings. The first-order chi connectivity index (χ1) is 12.8. The van der Waals surface area contributed by atoms with Gasteiger partial charge in [-0.05, 0) is 33.9 Å². The van der Waals surface area contributed by atoms with Crippen LogP contribution in [0.4, 0.5) is 0 Å². The van der Waals surface area contributed by atoms with Crippen molar-refractivity contribution in [3.63, 3.8) is 0 Å². The molecular formula is C21H20N2O3S. The fourth-order valence-electron chi connectivity index (χ4n) is 3.18. The molecule has 2 heterocycles. The Labute approximate surface area is 159 Å². The lowest BCUT2D eigenvalue weighted by atomic mass is 9.95. The molecule has 0 radical (unpaired) electrons. The van der Waals surface area contributed by atoms with Crippen LogP contribution in [0.3, 0.4) is 0 Å². The minimum Gasteiger partial charge on any atom is -0.421 e. The lowest BCUT2D eigenvalue weighted by Gasteiger charge is -2.14. The third-order valence-corrected chi connectivity index (χ3v) is 6.23. The van der Waals surface area contributed by atoms with Crippen LogP contribution in [-0.4, -0.2) is 14.5 Å². The van der Waals surface area contributed by atoms with Crippen LogP contribution >= 0.6 is 11.3 Å². The summed E-state index contributed by atoms with van der Waals surface area (Å²) in [6.45, 7) is 6.45. The molecule has 0 aliphatic heterocycles. The molecule has 0 saturated carbocycles. The van der Waals surface area contributed by atoms with Gasteiger partial charge in [-0.15, -0.1) is 11.3 Å². The first-order valence-corrected chi connectivity index (χ1v) is 9.54. The highest BCUT2D eigenvalue weighted by Crippen LogP contribution is 2.32. The number of aromatic nitrogens is 2. The van der Waals surface area contributed by atoms with E-state index in [0.717, 1.165) is 21.2 Å². The topological polar surface area (TPSA) is 64.2 Å². The van der Waals surface area contributed by atoms with Crippen molar-refractivity contribution in [3.05, 3.63) is 79.8 Å². The number of nitrogens with zero attached hydrogens (tertiary/aromatic N) is 2. The van der Waals surface area contributed by atoms with Crippen LogP contribution in [0.15, 0.2) is 58.1 Å². The van der Waals surface area contributed by atoms with E-state index in [1.165, 1.54) is 15.9 Å². The van der Waals surface area contributed by atoms with E-state index in [4.69, 9.17) is 0 Å². The van der Waals surface area contributed by atoms with Crippen molar-refractivity contribution >= 4 is 32.3 Å². The summed E-state index contributed by atoms with van der Waals surface area (Å²) in [5, 5.41) is 12.2. The summed E-state index contributed by atoms with van der Waals surface area (Å²) < 4.78 is 2.07. The number of fused-ring (bicyclic) bond motifs is 2. The van der Waals surface area contributed by atoms with Crippen LogP contribution < -0.4 is 11.2 Å². The van der Waals surface area contributed by atoms with Gasteiger partial charge in [0.25, 0.3) is 0 Å². The predicted octanol–water partition coefficient (Wildman–Crippen LogP) is 3.96. The van der Waals surface area contributed by atoms with Crippen molar-refractivity contribution in [1.82, 2.24) is 9.30 Å². The van der Waals surface area contributed by atoms with Crippen molar-refractivity contribution in [3.8, 4) is 0 Å². The molecular weight excluding hydrogens is 360 g/mol. The van der Waals surface area contributed by atoms with Gasteiger partial charge < -0.3 is 5.21 Å². The molecule has 2 aromatic heterocycles. The van der Waals surface area contributed by atoms with Crippen LogP contribution in [0, 0.1) is 0 Å². The summed E-state index contributed by atoms with van der Waals surface area (Å²) in [5.41, 5.74) is -0.0397. The zero-order chi connectivity index (χ0) is 19.3. The smallest absolute Gasteiger partial charge is 0.365 e. The Morgan fingerprint density at radius 1 is 1.00 bits per heavy atom. The number of rotatable bonds is 2. The molecule has 1 N–H and O–H groups in total. The molecule has 6 heteroatoms. The average Bonchev–Trinajstić information content (AvgIpc) is 3.09. The second-order valence-corrected chi connectivity index (χ2v) is 8.79. The Hall–Kier alpha value is -2.86. The molecule has 0 aliphatic carbocycles. The van der Waals surface area contributed by atoms with Crippen molar-refractivity contribution in [1.29, 1.82) is 0 Å². The zero-order valence-electron chi connectivity index (χ0n) is 15.4. The highest BCUT2D eigenvalue weighted by Gasteiger charge is 2.22. The first-order valence-electron chi connectivity index (χ1n) is 8.72. The summed E-state index contributed by atoms with van der Waals surface area (Å²) >= 11 is 1.33. The van der Waals surface area contributed by atoms with E-state index in [1.54, 1.807) is 0 Å². The molecule has 0 unspecified atom stereocenters. The Kier molecular flexibility index (Phi) is 3.96. The summed E-state index contributed by atoms with van der Waals surface area (Å²) in [7, 11) is 0. The van der Waals surface area contributed by atoms with Crippen LogP contribution in [0.2, 0.25) is 0 Å². The Morgan fingerprint density at radius 2 is 1.70 bits per heavy atom. The van der Waals surface area contributed by atoms with Crippen LogP contribution in [0.5, 0.6) is 0 Å². The molecule has 0 saturated heterocycles. The maximum Gasteiger partial charge on any atom is 0.365 e. The number of hydrogen-bond donors (Lipinski definition) is 1. The molecule has 27 heavy (non-hydrogen) atoms. The predicted molar refractivity (Wildman–Crippen MR) is 109 cm³/mol. The Morgan fingerprint density at radius 3 is 2.41 bits per heavy atom. The van der Waals surface area contributed by atoms with E-state index in [2.05, 4.69) is 20.8 Å². The zero-order valence-corrected chi connectivity index (χ0v) is 16.2. The summed E-state index contributed by atoms with van der Waals surface area (Å²) in [4.78, 5) is 26.0. The van der Waals surface area contributed by atoms with Gasteiger partial charge in [-0.2, -0.15) is 0 Å². The van der Waals surface area contributed by atoms with E-state index in [9.17, 15) is 14.8 Å². The minimum absolute atomic E-state index is 0.153. The minimum atomic E-state index is -0.723. The standard InChI is InChI=1S/C21H20N2O3S/c1-21(2,3)17-11-16-18(27-17)19(24)23(26)20(25)22(16)12-13-8-9-14-6-4-5-7-15(14)10-13/h4-11,26H,12H2,1-3H3. The van der Waals surface area contributed by atoms with E-state index in [0.29, 0.717) is 10.2 Å². The second-order valence-electron chi connectivity index (χ2n) is 7.74. The fraction of sp³-hybridized carbons (Fsp3) is 0.238. The van der Waals surface area contributed by atoms with Crippen molar-refractivity contribution < 1.29 is 5.21 Å². The molecule has 0 atom stereocenters. The van der Waals surface area contributed by atoms with Crippen LogP contribution in [0.25, 0.3) is 21.0 Å². The van der Waals surface area contributed by atoms with E-state index in [1.807, 2.05) is 48.5 Å². The lowest BCUT2D eigenvalue weighted by molar-refractivity contribution is 0.158. The molecule has 4 aromatic rings. The quantitative estimate of drug-likeness (QED) is 0.535. The number of thiophene rings is 1. The Balaban J connectivity index is 1.93. The maximum absolute atomic E-state index is 12.6. The highest BCUT2D eigenvalue weighted by molar-refractivity contribution is 7.19. The fourth-order valence-corrected chi connectivity index (χ4v) is 4.32. The molecule has 4 rings (SSSR count). The van der Waals surface area contributed by atoms with Crippen LogP contribution in [-0.2, 0) is 12.0 Å². The van der Waals surface area contributed by atoms with Crippen molar-refractivity contribution in [2.45, 2.75) is 32.7 Å². The molecule has 0 aliphatic rings. The first kappa shape index (κ1) is 17.5. The SMILES string of the molecule is CC(C)(C)c1cc2c(s1)c(=O)n(O)c(=O)n2Cc1ccc2ccccc2c1. The molecule has 2 aromatic carbocycles. The van der Waals surface area contributed by atoms with Gasteiger partial charge >= 0.3 is 11.2 Å². The molecule has 0 amide bonds. The van der Waals surface area contributed by atoms with Gasteiger partial charge in [-0.25, -0.2) is 4.79 Å². The van der Waals surface area contributed by atoms with E-state index >= 15 is 0 Å². The van der Waals surface area contributed by atoms with Gasteiger partial charge in [0.1, 0.15) is 4.70 Å². The normalized spacial score (nSPS) is 12.1. The molecule has 0 spiro atoms. The number of hydrogen-bond acceptors (Lipinski definition) is 4. The van der Waals surface area contributed by atoms with Gasteiger partial charge in [0, 0.05) is 4.88 Å². The van der Waals surface area contributed by atoms with Gasteiger partial charge in [0.05, 0.1) is 12.1 Å². The molecule has 138 valence electrons. The van der Waals surface area contributed by atoms with E-state index in [-0.39, 0.29) is 16.7 Å². The third kappa shape index (κ3) is 2.96. The lowest BCUT2D eigenvalue weighted by Crippen LogP contribution is -2.38. The van der Waals surface area contributed by atoms with E-state index < -0.39 is 11.2 Å². The maximum atomic E-state index is 12.6. The average molecular weight is 380 g/mol. The molecule has 0 bridgehead atoms. The summed E-state index contributed by atoms with van der Waals surface area (Å²) in [5.74, 6) is 0. The van der Waals surface area contributed by atoms with Gasteiger partial charge in [-0.3, -0.25) is 9.36 Å². The van der Waals surface area contributed by atoms with Crippen LogP contribution in [0.1, 0.15) is 31.2 Å². The third-order valence-electron chi connectivity index (χ3n) is 4.70. The largest absolute Gasteiger partial charge is 0.421 e. The van der Waals surface area contributed by atoms with Crippen molar-refractivity contribution in [2.24, 2.45) is 0 Å². The highest BCUT2D eigenvalue weighted by atomic mass is 32.1. The second kappa shape index (κ2) is 6.09. The van der Waals surface area contributed by atoms with Gasteiger partial charge in [0.2, 0.25) is 0 Å². The summed E-state index contributed by atoms with van der Waals surface area (Å²) in [6, 6.07) is 15.9. The monoisotopic (exact) mass is 380 g/mol. The van der Waals surface area contributed by atoms with Gasteiger partial charge in [0.15, 0.2) is 0 Å².